The predicted molar refractivity (Wildman–Crippen MR) is 92.2 cm³/mol. The molecular weight excluding hydrogens is 323 g/mol. The summed E-state index contributed by atoms with van der Waals surface area (Å²) in [6, 6.07) is 11.2. The molecule has 0 fully saturated rings. The van der Waals surface area contributed by atoms with Crippen LogP contribution in [0.4, 0.5) is 4.39 Å². The number of hydrogen-bond acceptors (Lipinski definition) is 6. The maximum Gasteiger partial charge on any atom is 0.213 e. The number of allylic oxidation sites excluding steroid dienone is 1. The highest BCUT2D eigenvalue weighted by molar-refractivity contribution is 5.81. The van der Waals surface area contributed by atoms with E-state index in [1.807, 2.05) is 6.07 Å². The summed E-state index contributed by atoms with van der Waals surface area (Å²) >= 11 is 0. The Morgan fingerprint density at radius 1 is 1.32 bits per heavy atom. The molecule has 0 aliphatic rings. The molecule has 128 valence electrons. The monoisotopic (exact) mass is 340 g/mol. The lowest BCUT2D eigenvalue weighted by atomic mass is 10.2. The van der Waals surface area contributed by atoms with Gasteiger partial charge in [0.2, 0.25) is 5.88 Å². The Morgan fingerprint density at radius 2 is 2.12 bits per heavy atom. The molecule has 25 heavy (non-hydrogen) atoms. The maximum atomic E-state index is 13.7. The first-order valence-corrected chi connectivity index (χ1v) is 7.49. The second kappa shape index (κ2) is 9.03. The minimum atomic E-state index is -0.588. The van der Waals surface area contributed by atoms with Crippen molar-refractivity contribution in [2.75, 3.05) is 20.3 Å². The first-order chi connectivity index (χ1) is 12.2. The van der Waals surface area contributed by atoms with Gasteiger partial charge in [-0.15, -0.1) is 0 Å². The van der Waals surface area contributed by atoms with E-state index >= 15 is 0 Å². The fourth-order valence-electron chi connectivity index (χ4n) is 2.01. The zero-order valence-corrected chi connectivity index (χ0v) is 13.6. The molecule has 6 nitrogen and oxygen atoms in total. The van der Waals surface area contributed by atoms with Gasteiger partial charge in [-0.2, -0.15) is 5.26 Å². The first kappa shape index (κ1) is 17.9. The number of nitriles is 1. The summed E-state index contributed by atoms with van der Waals surface area (Å²) in [5.74, 6) is -0.127. The molecule has 0 atom stereocenters. The molecule has 2 aromatic rings. The van der Waals surface area contributed by atoms with Crippen LogP contribution in [0.3, 0.4) is 0 Å². The smallest absolute Gasteiger partial charge is 0.213 e. The van der Waals surface area contributed by atoms with Crippen molar-refractivity contribution in [1.82, 2.24) is 10.3 Å². The van der Waals surface area contributed by atoms with Crippen LogP contribution in [-0.2, 0) is 0 Å². The lowest BCUT2D eigenvalue weighted by Gasteiger charge is -2.10. The highest BCUT2D eigenvalue weighted by Crippen LogP contribution is 2.18. The Morgan fingerprint density at radius 3 is 2.80 bits per heavy atom. The molecule has 0 unspecified atom stereocenters. The molecule has 1 aromatic carbocycles. The number of rotatable bonds is 8. The molecule has 0 aliphatic heterocycles. The summed E-state index contributed by atoms with van der Waals surface area (Å²) in [5.41, 5.74) is 1.57. The number of benzene rings is 1. The van der Waals surface area contributed by atoms with Crippen molar-refractivity contribution in [1.29, 1.82) is 10.7 Å². The van der Waals surface area contributed by atoms with Gasteiger partial charge in [0.1, 0.15) is 13.2 Å². The van der Waals surface area contributed by atoms with E-state index in [2.05, 4.69) is 10.3 Å². The molecule has 0 aliphatic carbocycles. The summed E-state index contributed by atoms with van der Waals surface area (Å²) < 4.78 is 24.5. The highest BCUT2D eigenvalue weighted by atomic mass is 19.1. The van der Waals surface area contributed by atoms with E-state index in [4.69, 9.17) is 20.1 Å². The van der Waals surface area contributed by atoms with Gasteiger partial charge < -0.3 is 20.2 Å². The number of nitrogens with zero attached hydrogens (tertiary/aromatic N) is 2. The predicted octanol–water partition coefficient (Wildman–Crippen LogP) is 2.76. The van der Waals surface area contributed by atoms with Crippen molar-refractivity contribution >= 4 is 11.9 Å². The summed E-state index contributed by atoms with van der Waals surface area (Å²) in [5, 5.41) is 18.8. The van der Waals surface area contributed by atoms with Gasteiger partial charge >= 0.3 is 0 Å². The minimum absolute atomic E-state index is 0.0655. The summed E-state index contributed by atoms with van der Waals surface area (Å²) in [7, 11) is 1.74. The first-order valence-electron chi connectivity index (χ1n) is 7.49. The molecule has 1 aromatic heterocycles. The molecule has 0 amide bonds. The summed E-state index contributed by atoms with van der Waals surface area (Å²) in [6.07, 6.45) is 2.75. The minimum Gasteiger partial charge on any atom is -0.487 e. The average molecular weight is 340 g/mol. The number of hydrogen-bond donors (Lipinski definition) is 2. The average Bonchev–Trinajstić information content (AvgIpc) is 2.64. The van der Waals surface area contributed by atoms with Crippen LogP contribution in [0.25, 0.3) is 5.70 Å². The highest BCUT2D eigenvalue weighted by Gasteiger charge is 2.06. The molecule has 2 rings (SSSR count). The largest absolute Gasteiger partial charge is 0.487 e. The number of pyridine rings is 1. The fraction of sp³-hybridized carbons (Fsp3) is 0.167. The third kappa shape index (κ3) is 5.04. The topological polar surface area (TPSA) is 91.0 Å². The van der Waals surface area contributed by atoms with Crippen LogP contribution in [0, 0.1) is 22.6 Å². The number of halogens is 1. The van der Waals surface area contributed by atoms with Gasteiger partial charge in [0, 0.05) is 19.3 Å². The Balaban J connectivity index is 1.91. The van der Waals surface area contributed by atoms with Crippen LogP contribution in [0.5, 0.6) is 11.6 Å². The van der Waals surface area contributed by atoms with Crippen LogP contribution in [0.2, 0.25) is 0 Å². The van der Waals surface area contributed by atoms with E-state index in [0.29, 0.717) is 17.3 Å². The van der Waals surface area contributed by atoms with Crippen LogP contribution in [0.1, 0.15) is 11.3 Å². The van der Waals surface area contributed by atoms with Gasteiger partial charge in [-0.25, -0.2) is 9.37 Å². The van der Waals surface area contributed by atoms with Gasteiger partial charge in [0.15, 0.2) is 11.6 Å². The lowest BCUT2D eigenvalue weighted by Crippen LogP contribution is -2.12. The molecule has 0 saturated heterocycles. The van der Waals surface area contributed by atoms with E-state index < -0.39 is 5.82 Å². The zero-order valence-electron chi connectivity index (χ0n) is 13.6. The lowest BCUT2D eigenvalue weighted by molar-refractivity contribution is 0.206. The molecule has 0 radical (unpaired) electrons. The van der Waals surface area contributed by atoms with Crippen LogP contribution >= 0.6 is 0 Å². The standard InChI is InChI=1S/C18H17FN4O2/c1-22-15(7-8-20)16-3-2-4-18(23-16)25-10-9-24-17-6-5-13(12-21)11-14(17)19/h2-8,11,20,22H,9-10H2,1H3/b15-7-,20-8?. The van der Waals surface area contributed by atoms with Gasteiger partial charge in [-0.3, -0.25) is 0 Å². The van der Waals surface area contributed by atoms with Crippen LogP contribution in [0.15, 0.2) is 42.5 Å². The van der Waals surface area contributed by atoms with Crippen molar-refractivity contribution in [3.8, 4) is 17.7 Å². The second-order valence-corrected chi connectivity index (χ2v) is 4.81. The van der Waals surface area contributed by atoms with Crippen molar-refractivity contribution in [3.05, 3.63) is 59.5 Å². The van der Waals surface area contributed by atoms with E-state index in [1.54, 1.807) is 31.3 Å². The molecule has 1 heterocycles. The second-order valence-electron chi connectivity index (χ2n) is 4.81. The Labute approximate surface area is 145 Å². The van der Waals surface area contributed by atoms with Crippen molar-refractivity contribution in [2.45, 2.75) is 0 Å². The fourth-order valence-corrected chi connectivity index (χ4v) is 2.01. The van der Waals surface area contributed by atoms with E-state index in [1.165, 1.54) is 18.3 Å². The Bertz CT molecular complexity index is 815. The quantitative estimate of drug-likeness (QED) is 0.569. The van der Waals surface area contributed by atoms with E-state index in [9.17, 15) is 4.39 Å². The number of ether oxygens (including phenoxy) is 2. The number of aromatic nitrogens is 1. The van der Waals surface area contributed by atoms with Gasteiger partial charge in [0.05, 0.1) is 23.0 Å². The van der Waals surface area contributed by atoms with Crippen LogP contribution in [-0.4, -0.2) is 31.5 Å². The van der Waals surface area contributed by atoms with Gasteiger partial charge in [-0.05, 0) is 30.3 Å². The molecular formula is C18H17FN4O2. The third-order valence-corrected chi connectivity index (χ3v) is 3.17. The molecule has 7 heteroatoms. The van der Waals surface area contributed by atoms with Crippen molar-refractivity contribution in [3.63, 3.8) is 0 Å². The van der Waals surface area contributed by atoms with Crippen LogP contribution < -0.4 is 14.8 Å². The molecule has 2 N–H and O–H groups in total. The van der Waals surface area contributed by atoms with Crippen molar-refractivity contribution in [2.24, 2.45) is 0 Å². The molecule has 0 saturated carbocycles. The van der Waals surface area contributed by atoms with Crippen molar-refractivity contribution < 1.29 is 13.9 Å². The maximum absolute atomic E-state index is 13.7. The molecule has 0 spiro atoms. The molecule has 0 bridgehead atoms. The van der Waals surface area contributed by atoms with Gasteiger partial charge in [-0.1, -0.05) is 6.07 Å². The zero-order chi connectivity index (χ0) is 18.1. The van der Waals surface area contributed by atoms with E-state index in [0.717, 1.165) is 6.07 Å². The SMILES string of the molecule is CN/C(=C\C=N)c1cccc(OCCOc2ccc(C#N)cc2F)n1. The van der Waals surface area contributed by atoms with Gasteiger partial charge in [0.25, 0.3) is 0 Å². The normalized spacial score (nSPS) is 10.7. The summed E-state index contributed by atoms with van der Waals surface area (Å²) in [4.78, 5) is 4.33. The van der Waals surface area contributed by atoms with E-state index in [-0.39, 0.29) is 24.5 Å². The Kier molecular flexibility index (Phi) is 6.48. The third-order valence-electron chi connectivity index (χ3n) is 3.17. The number of nitrogens with one attached hydrogen (secondary N) is 2. The summed E-state index contributed by atoms with van der Waals surface area (Å²) in [6.45, 7) is 0.309. The Hall–Kier alpha value is -3.40.